The lowest BCUT2D eigenvalue weighted by molar-refractivity contribution is -0.383. The first-order valence-corrected chi connectivity index (χ1v) is 10.1. The highest BCUT2D eigenvalue weighted by molar-refractivity contribution is 5.83. The molecule has 152 valence electrons. The number of nitrogen functional groups attached to an aromatic ring is 1. The van der Waals surface area contributed by atoms with Crippen LogP contribution in [0, 0.1) is 10.1 Å². The summed E-state index contributed by atoms with van der Waals surface area (Å²) in [5.74, 6) is 0.602. The second kappa shape index (κ2) is 8.08. The zero-order chi connectivity index (χ0) is 20.4. The Bertz CT molecular complexity index is 1020. The highest BCUT2D eigenvalue weighted by atomic mass is 16.6. The van der Waals surface area contributed by atoms with Crippen LogP contribution >= 0.6 is 0 Å². The molecule has 3 N–H and O–H groups in total. The van der Waals surface area contributed by atoms with E-state index >= 15 is 0 Å². The molecular weight excluding hydrogens is 368 g/mol. The van der Waals surface area contributed by atoms with Gasteiger partial charge in [0.1, 0.15) is 11.5 Å². The van der Waals surface area contributed by atoms with Gasteiger partial charge in [-0.05, 0) is 43.3 Å². The standard InChI is InChI=1S/C21H26N6O2/c1-2-3-8-25-9-11-26(12-10-25)16-5-7-18-19(14-16)24-21(23-18)15-4-6-17(22)20(13-15)27(28)29/h4-7,13-14H,2-3,8-12,22H2,1H3,(H,23,24). The minimum Gasteiger partial charge on any atom is -0.393 e. The van der Waals surface area contributed by atoms with Crippen molar-refractivity contribution in [2.75, 3.05) is 43.4 Å². The Morgan fingerprint density at radius 1 is 1.17 bits per heavy atom. The first-order valence-electron chi connectivity index (χ1n) is 10.1. The van der Waals surface area contributed by atoms with Crippen molar-refractivity contribution < 1.29 is 4.92 Å². The molecule has 3 aromatic rings. The Hall–Kier alpha value is -3.13. The number of nitro benzene ring substituents is 1. The van der Waals surface area contributed by atoms with Crippen LogP contribution in [0.25, 0.3) is 22.4 Å². The maximum Gasteiger partial charge on any atom is 0.292 e. The van der Waals surface area contributed by atoms with E-state index in [1.54, 1.807) is 12.1 Å². The van der Waals surface area contributed by atoms with E-state index in [1.807, 2.05) is 6.07 Å². The Labute approximate surface area is 169 Å². The van der Waals surface area contributed by atoms with E-state index < -0.39 is 4.92 Å². The van der Waals surface area contributed by atoms with E-state index in [0.717, 1.165) is 42.9 Å². The summed E-state index contributed by atoms with van der Waals surface area (Å²) in [5, 5.41) is 11.2. The molecule has 0 aliphatic carbocycles. The lowest BCUT2D eigenvalue weighted by atomic mass is 10.1. The van der Waals surface area contributed by atoms with E-state index in [0.29, 0.717) is 11.4 Å². The summed E-state index contributed by atoms with van der Waals surface area (Å²) in [5.41, 5.74) is 9.31. The minimum absolute atomic E-state index is 0.107. The van der Waals surface area contributed by atoms with Crippen molar-refractivity contribution in [3.63, 3.8) is 0 Å². The van der Waals surface area contributed by atoms with Gasteiger partial charge in [0.2, 0.25) is 0 Å². The number of piperazine rings is 1. The van der Waals surface area contributed by atoms with E-state index in [1.165, 1.54) is 25.5 Å². The van der Waals surface area contributed by atoms with Gasteiger partial charge in [0, 0.05) is 43.5 Å². The molecule has 2 heterocycles. The van der Waals surface area contributed by atoms with Gasteiger partial charge in [0.15, 0.2) is 0 Å². The van der Waals surface area contributed by atoms with Gasteiger partial charge in [-0.25, -0.2) is 4.98 Å². The number of nitro groups is 1. The molecule has 4 rings (SSSR count). The van der Waals surface area contributed by atoms with Crippen LogP contribution in [0.3, 0.4) is 0 Å². The fourth-order valence-corrected chi connectivity index (χ4v) is 3.79. The minimum atomic E-state index is -0.472. The van der Waals surface area contributed by atoms with Crippen molar-refractivity contribution in [2.45, 2.75) is 19.8 Å². The van der Waals surface area contributed by atoms with Crippen LogP contribution in [0.5, 0.6) is 0 Å². The molecule has 1 aromatic heterocycles. The van der Waals surface area contributed by atoms with Crippen molar-refractivity contribution in [1.82, 2.24) is 14.9 Å². The third kappa shape index (κ3) is 4.02. The quantitative estimate of drug-likeness (QED) is 0.376. The number of nitrogens with one attached hydrogen (secondary N) is 1. The average molecular weight is 394 g/mol. The molecule has 0 bridgehead atoms. The van der Waals surface area contributed by atoms with Crippen LogP contribution in [-0.4, -0.2) is 52.5 Å². The van der Waals surface area contributed by atoms with Crippen molar-refractivity contribution >= 4 is 28.1 Å². The molecule has 0 saturated carbocycles. The van der Waals surface area contributed by atoms with Gasteiger partial charge in [0.25, 0.3) is 5.69 Å². The highest BCUT2D eigenvalue weighted by Crippen LogP contribution is 2.29. The fraction of sp³-hybridized carbons (Fsp3) is 0.381. The Kier molecular flexibility index (Phi) is 5.35. The van der Waals surface area contributed by atoms with Crippen molar-refractivity contribution in [3.8, 4) is 11.4 Å². The van der Waals surface area contributed by atoms with Gasteiger partial charge in [-0.2, -0.15) is 0 Å². The molecule has 2 aromatic carbocycles. The molecule has 0 spiro atoms. The second-order valence-corrected chi connectivity index (χ2v) is 7.50. The molecule has 0 unspecified atom stereocenters. The maximum atomic E-state index is 11.2. The van der Waals surface area contributed by atoms with E-state index in [4.69, 9.17) is 5.73 Å². The second-order valence-electron chi connectivity index (χ2n) is 7.50. The molecule has 29 heavy (non-hydrogen) atoms. The van der Waals surface area contributed by atoms with Gasteiger partial charge >= 0.3 is 0 Å². The predicted octanol–water partition coefficient (Wildman–Crippen LogP) is 3.64. The third-order valence-corrected chi connectivity index (χ3v) is 5.53. The summed E-state index contributed by atoms with van der Waals surface area (Å²) >= 11 is 0. The summed E-state index contributed by atoms with van der Waals surface area (Å²) in [6.07, 6.45) is 2.49. The molecule has 1 aliphatic rings. The zero-order valence-corrected chi connectivity index (χ0v) is 16.6. The van der Waals surface area contributed by atoms with Crippen molar-refractivity contribution in [2.24, 2.45) is 0 Å². The van der Waals surface area contributed by atoms with E-state index in [2.05, 4.69) is 38.8 Å². The molecule has 8 nitrogen and oxygen atoms in total. The Morgan fingerprint density at radius 2 is 1.97 bits per heavy atom. The van der Waals surface area contributed by atoms with Crippen LogP contribution in [0.4, 0.5) is 17.1 Å². The number of unbranched alkanes of at least 4 members (excludes halogenated alkanes) is 1. The molecule has 8 heteroatoms. The number of H-pyrrole nitrogens is 1. The van der Waals surface area contributed by atoms with Crippen LogP contribution in [0.1, 0.15) is 19.8 Å². The monoisotopic (exact) mass is 394 g/mol. The highest BCUT2D eigenvalue weighted by Gasteiger charge is 2.18. The number of benzene rings is 2. The topological polar surface area (TPSA) is 104 Å². The normalized spacial score (nSPS) is 15.1. The summed E-state index contributed by atoms with van der Waals surface area (Å²) in [4.78, 5) is 23.5. The van der Waals surface area contributed by atoms with Gasteiger partial charge in [-0.15, -0.1) is 0 Å². The third-order valence-electron chi connectivity index (χ3n) is 5.53. The van der Waals surface area contributed by atoms with Gasteiger partial charge in [-0.3, -0.25) is 15.0 Å². The molecule has 1 saturated heterocycles. The molecule has 0 radical (unpaired) electrons. The first kappa shape index (κ1) is 19.2. The van der Waals surface area contributed by atoms with Crippen LogP contribution in [0.15, 0.2) is 36.4 Å². The fourth-order valence-electron chi connectivity index (χ4n) is 3.79. The number of rotatable bonds is 6. The lowest BCUT2D eigenvalue weighted by Gasteiger charge is -2.36. The van der Waals surface area contributed by atoms with Crippen LogP contribution in [-0.2, 0) is 0 Å². The number of hydrogen-bond acceptors (Lipinski definition) is 6. The summed E-state index contributed by atoms with van der Waals surface area (Å²) < 4.78 is 0. The Morgan fingerprint density at radius 3 is 2.69 bits per heavy atom. The zero-order valence-electron chi connectivity index (χ0n) is 16.6. The predicted molar refractivity (Wildman–Crippen MR) is 116 cm³/mol. The molecular formula is C21H26N6O2. The number of aromatic amines is 1. The largest absolute Gasteiger partial charge is 0.393 e. The number of fused-ring (bicyclic) bond motifs is 1. The van der Waals surface area contributed by atoms with Gasteiger partial charge < -0.3 is 15.6 Å². The number of aromatic nitrogens is 2. The molecule has 0 amide bonds. The van der Waals surface area contributed by atoms with Crippen LogP contribution < -0.4 is 10.6 Å². The molecule has 1 fully saturated rings. The number of hydrogen-bond donors (Lipinski definition) is 2. The number of nitrogens with zero attached hydrogens (tertiary/aromatic N) is 4. The summed E-state index contributed by atoms with van der Waals surface area (Å²) in [6, 6.07) is 11.0. The van der Waals surface area contributed by atoms with E-state index in [9.17, 15) is 10.1 Å². The van der Waals surface area contributed by atoms with Gasteiger partial charge in [0.05, 0.1) is 16.0 Å². The first-order chi connectivity index (χ1) is 14.0. The molecule has 0 atom stereocenters. The average Bonchev–Trinajstić information content (AvgIpc) is 3.16. The SMILES string of the molecule is CCCCN1CCN(c2ccc3[nH]c(-c4ccc(N)c([N+](=O)[O-])c4)nc3c2)CC1. The maximum absolute atomic E-state index is 11.2. The number of imidazole rings is 1. The summed E-state index contributed by atoms with van der Waals surface area (Å²) in [6.45, 7) is 7.59. The van der Waals surface area contributed by atoms with Gasteiger partial charge in [-0.1, -0.05) is 13.3 Å². The van der Waals surface area contributed by atoms with Crippen molar-refractivity contribution in [1.29, 1.82) is 0 Å². The van der Waals surface area contributed by atoms with E-state index in [-0.39, 0.29) is 11.4 Å². The molecule has 1 aliphatic heterocycles. The Balaban J connectivity index is 1.54. The number of nitrogens with two attached hydrogens (primary N) is 1. The van der Waals surface area contributed by atoms with Crippen LogP contribution in [0.2, 0.25) is 0 Å². The number of anilines is 2. The van der Waals surface area contributed by atoms with Crippen molar-refractivity contribution in [3.05, 3.63) is 46.5 Å². The smallest absolute Gasteiger partial charge is 0.292 e. The summed E-state index contributed by atoms with van der Waals surface area (Å²) in [7, 11) is 0. The lowest BCUT2D eigenvalue weighted by Crippen LogP contribution is -2.46.